The molecule has 1 aromatic rings. The molecule has 0 fully saturated rings. The third-order valence-corrected chi connectivity index (χ3v) is 4.26. The third kappa shape index (κ3) is 3.33. The van der Waals surface area contributed by atoms with Gasteiger partial charge in [0.1, 0.15) is 0 Å². The van der Waals surface area contributed by atoms with Gasteiger partial charge in [0.2, 0.25) is 0 Å². The standard InChI is InChI=1S/C16H26N2/c1-12(2)15(10-17)11-18-16-8-7-13-5-3-4-6-14(13)9-16/h3-6,12,15-16,18H,7-11,17H2,1-2H3. The quantitative estimate of drug-likeness (QED) is 0.837. The van der Waals surface area contributed by atoms with E-state index in [0.29, 0.717) is 17.9 Å². The molecular weight excluding hydrogens is 220 g/mol. The van der Waals surface area contributed by atoms with E-state index in [1.165, 1.54) is 30.4 Å². The predicted molar refractivity (Wildman–Crippen MR) is 77.6 cm³/mol. The van der Waals surface area contributed by atoms with Crippen molar-refractivity contribution >= 4 is 0 Å². The Bertz CT molecular complexity index is 373. The Morgan fingerprint density at radius 1 is 1.28 bits per heavy atom. The third-order valence-electron chi connectivity index (χ3n) is 4.26. The highest BCUT2D eigenvalue weighted by atomic mass is 14.9. The summed E-state index contributed by atoms with van der Waals surface area (Å²) in [5, 5.41) is 3.71. The maximum Gasteiger partial charge on any atom is 0.0111 e. The summed E-state index contributed by atoms with van der Waals surface area (Å²) in [6.45, 7) is 6.36. The van der Waals surface area contributed by atoms with Crippen LogP contribution < -0.4 is 11.1 Å². The zero-order valence-corrected chi connectivity index (χ0v) is 11.7. The molecule has 3 N–H and O–H groups in total. The van der Waals surface area contributed by atoms with Gasteiger partial charge in [-0.3, -0.25) is 0 Å². The van der Waals surface area contributed by atoms with E-state index in [4.69, 9.17) is 5.73 Å². The molecule has 0 aromatic heterocycles. The number of hydrogen-bond donors (Lipinski definition) is 2. The van der Waals surface area contributed by atoms with E-state index in [-0.39, 0.29) is 0 Å². The van der Waals surface area contributed by atoms with Crippen LogP contribution in [0, 0.1) is 11.8 Å². The van der Waals surface area contributed by atoms with Gasteiger partial charge in [0, 0.05) is 6.04 Å². The molecule has 2 rings (SSSR count). The van der Waals surface area contributed by atoms with Crippen LogP contribution in [0.5, 0.6) is 0 Å². The van der Waals surface area contributed by atoms with E-state index < -0.39 is 0 Å². The van der Waals surface area contributed by atoms with Crippen molar-refractivity contribution in [2.24, 2.45) is 17.6 Å². The van der Waals surface area contributed by atoms with Gasteiger partial charge < -0.3 is 11.1 Å². The van der Waals surface area contributed by atoms with Crippen LogP contribution in [0.25, 0.3) is 0 Å². The van der Waals surface area contributed by atoms with Crippen LogP contribution in [0.4, 0.5) is 0 Å². The Hall–Kier alpha value is -0.860. The average molecular weight is 246 g/mol. The highest BCUT2D eigenvalue weighted by molar-refractivity contribution is 5.30. The van der Waals surface area contributed by atoms with Crippen molar-refractivity contribution in [3.05, 3.63) is 35.4 Å². The van der Waals surface area contributed by atoms with E-state index in [1.54, 1.807) is 0 Å². The SMILES string of the molecule is CC(C)C(CN)CNC1CCc2ccccc2C1. The van der Waals surface area contributed by atoms with Gasteiger partial charge in [0.05, 0.1) is 0 Å². The first-order valence-electron chi connectivity index (χ1n) is 7.21. The lowest BCUT2D eigenvalue weighted by atomic mass is 9.87. The molecular formula is C16H26N2. The molecule has 0 bridgehead atoms. The molecule has 1 aromatic carbocycles. The Kier molecular flexibility index (Phi) is 4.79. The lowest BCUT2D eigenvalue weighted by molar-refractivity contribution is 0.338. The second-order valence-electron chi connectivity index (χ2n) is 5.86. The van der Waals surface area contributed by atoms with Gasteiger partial charge in [-0.2, -0.15) is 0 Å². The lowest BCUT2D eigenvalue weighted by Gasteiger charge is -2.28. The number of nitrogens with one attached hydrogen (secondary N) is 1. The topological polar surface area (TPSA) is 38.0 Å². The van der Waals surface area contributed by atoms with Crippen molar-refractivity contribution < 1.29 is 0 Å². The molecule has 0 heterocycles. The number of nitrogens with two attached hydrogens (primary N) is 1. The number of hydrogen-bond acceptors (Lipinski definition) is 2. The van der Waals surface area contributed by atoms with Gasteiger partial charge in [-0.15, -0.1) is 0 Å². The Morgan fingerprint density at radius 2 is 2.00 bits per heavy atom. The normalized spacial score (nSPS) is 20.8. The van der Waals surface area contributed by atoms with E-state index >= 15 is 0 Å². The van der Waals surface area contributed by atoms with Crippen molar-refractivity contribution in [3.63, 3.8) is 0 Å². The monoisotopic (exact) mass is 246 g/mol. The number of fused-ring (bicyclic) bond motifs is 1. The fraction of sp³-hybridized carbons (Fsp3) is 0.625. The molecule has 2 heteroatoms. The molecule has 100 valence electrons. The van der Waals surface area contributed by atoms with E-state index in [9.17, 15) is 0 Å². The van der Waals surface area contributed by atoms with Crippen molar-refractivity contribution in [2.75, 3.05) is 13.1 Å². The van der Waals surface area contributed by atoms with Crippen LogP contribution in [-0.4, -0.2) is 19.1 Å². The van der Waals surface area contributed by atoms with Gasteiger partial charge in [-0.05, 0) is 55.3 Å². The summed E-state index contributed by atoms with van der Waals surface area (Å²) in [6.07, 6.45) is 3.64. The van der Waals surface area contributed by atoms with Crippen molar-refractivity contribution in [3.8, 4) is 0 Å². The molecule has 0 amide bonds. The largest absolute Gasteiger partial charge is 0.330 e. The van der Waals surface area contributed by atoms with Gasteiger partial charge in [0.25, 0.3) is 0 Å². The molecule has 0 spiro atoms. The number of rotatable bonds is 5. The van der Waals surface area contributed by atoms with Crippen molar-refractivity contribution in [1.82, 2.24) is 5.32 Å². The van der Waals surface area contributed by atoms with E-state index in [1.807, 2.05) is 0 Å². The summed E-state index contributed by atoms with van der Waals surface area (Å²) < 4.78 is 0. The molecule has 2 atom stereocenters. The molecule has 18 heavy (non-hydrogen) atoms. The van der Waals surface area contributed by atoms with Crippen LogP contribution in [0.15, 0.2) is 24.3 Å². The second-order valence-corrected chi connectivity index (χ2v) is 5.86. The maximum atomic E-state index is 5.83. The van der Waals surface area contributed by atoms with Crippen LogP contribution in [0.1, 0.15) is 31.4 Å². The van der Waals surface area contributed by atoms with Gasteiger partial charge >= 0.3 is 0 Å². The number of aryl methyl sites for hydroxylation is 1. The van der Waals surface area contributed by atoms with Crippen LogP contribution in [0.2, 0.25) is 0 Å². The first-order chi connectivity index (χ1) is 8.70. The first-order valence-corrected chi connectivity index (χ1v) is 7.21. The van der Waals surface area contributed by atoms with Gasteiger partial charge in [-0.1, -0.05) is 38.1 Å². The summed E-state index contributed by atoms with van der Waals surface area (Å²) in [4.78, 5) is 0. The number of benzene rings is 1. The van der Waals surface area contributed by atoms with E-state index in [0.717, 1.165) is 13.1 Å². The molecule has 0 saturated heterocycles. The summed E-state index contributed by atoms with van der Waals surface area (Å²) >= 11 is 0. The first kappa shape index (κ1) is 13.6. The molecule has 0 aliphatic heterocycles. The summed E-state index contributed by atoms with van der Waals surface area (Å²) in [7, 11) is 0. The predicted octanol–water partition coefficient (Wildman–Crippen LogP) is 2.36. The molecule has 1 aliphatic rings. The highest BCUT2D eigenvalue weighted by Gasteiger charge is 2.19. The highest BCUT2D eigenvalue weighted by Crippen LogP contribution is 2.21. The zero-order valence-electron chi connectivity index (χ0n) is 11.7. The van der Waals surface area contributed by atoms with Gasteiger partial charge in [-0.25, -0.2) is 0 Å². The Labute approximate surface area is 111 Å². The fourth-order valence-electron chi connectivity index (χ4n) is 2.78. The molecule has 0 saturated carbocycles. The second kappa shape index (κ2) is 6.35. The van der Waals surface area contributed by atoms with Crippen molar-refractivity contribution in [1.29, 1.82) is 0 Å². The summed E-state index contributed by atoms with van der Waals surface area (Å²) in [5.74, 6) is 1.26. The maximum absolute atomic E-state index is 5.83. The van der Waals surface area contributed by atoms with Gasteiger partial charge in [0.15, 0.2) is 0 Å². The minimum absolute atomic E-state index is 0.599. The minimum Gasteiger partial charge on any atom is -0.330 e. The smallest absolute Gasteiger partial charge is 0.0111 e. The lowest BCUT2D eigenvalue weighted by Crippen LogP contribution is -2.40. The fourth-order valence-corrected chi connectivity index (χ4v) is 2.78. The molecule has 0 radical (unpaired) electrons. The molecule has 1 aliphatic carbocycles. The van der Waals surface area contributed by atoms with Crippen molar-refractivity contribution in [2.45, 2.75) is 39.2 Å². The van der Waals surface area contributed by atoms with Crippen LogP contribution in [-0.2, 0) is 12.8 Å². The van der Waals surface area contributed by atoms with Crippen LogP contribution >= 0.6 is 0 Å². The van der Waals surface area contributed by atoms with Crippen LogP contribution in [0.3, 0.4) is 0 Å². The Balaban J connectivity index is 1.86. The Morgan fingerprint density at radius 3 is 2.67 bits per heavy atom. The molecule has 2 unspecified atom stereocenters. The molecule has 2 nitrogen and oxygen atoms in total. The van der Waals surface area contributed by atoms with E-state index in [2.05, 4.69) is 43.4 Å². The minimum atomic E-state index is 0.599. The average Bonchev–Trinajstić information content (AvgIpc) is 2.39. The zero-order chi connectivity index (χ0) is 13.0. The summed E-state index contributed by atoms with van der Waals surface area (Å²) in [6, 6.07) is 9.47. The summed E-state index contributed by atoms with van der Waals surface area (Å²) in [5.41, 5.74) is 8.89.